The first-order valence-electron chi connectivity index (χ1n) is 11.0. The number of nitrogens with two attached hydrogens (primary N) is 1. The number of rotatable bonds is 4. The number of likely N-dealkylation sites (tertiary alicyclic amines) is 1. The second kappa shape index (κ2) is 8.70. The smallest absolute Gasteiger partial charge is 0.253 e. The van der Waals surface area contributed by atoms with E-state index < -0.39 is 11.7 Å². The third-order valence-electron chi connectivity index (χ3n) is 6.47. The van der Waals surface area contributed by atoms with E-state index in [4.69, 9.17) is 22.3 Å². The van der Waals surface area contributed by atoms with Crippen molar-refractivity contribution in [3.05, 3.63) is 64.4 Å². The number of nitrogens with one attached hydrogen (secondary N) is 2. The Morgan fingerprint density at radius 2 is 1.94 bits per heavy atom. The number of amides is 2. The van der Waals surface area contributed by atoms with Crippen LogP contribution >= 0.6 is 11.6 Å². The molecule has 9 heteroatoms. The molecule has 2 aromatic heterocycles. The number of fused-ring (bicyclic) bond motifs is 3. The van der Waals surface area contributed by atoms with Gasteiger partial charge in [0.15, 0.2) is 0 Å². The highest BCUT2D eigenvalue weighted by molar-refractivity contribution is 6.31. The Morgan fingerprint density at radius 1 is 1.18 bits per heavy atom. The van der Waals surface area contributed by atoms with Crippen LogP contribution in [0.4, 0.5) is 4.39 Å². The zero-order chi connectivity index (χ0) is 24.0. The number of piperidine rings is 1. The van der Waals surface area contributed by atoms with Crippen molar-refractivity contribution in [2.45, 2.75) is 18.9 Å². The average molecular weight is 480 g/mol. The first-order chi connectivity index (χ1) is 16.4. The average Bonchev–Trinajstić information content (AvgIpc) is 3.22. The van der Waals surface area contributed by atoms with Crippen molar-refractivity contribution in [3.63, 3.8) is 0 Å². The summed E-state index contributed by atoms with van der Waals surface area (Å²) in [5, 5.41) is 3.97. The molecular formula is C25H23ClFN5O2. The zero-order valence-corrected chi connectivity index (χ0v) is 19.2. The maximum atomic E-state index is 13.6. The number of carbonyl (C=O) groups is 2. The number of primary amides is 1. The lowest BCUT2D eigenvalue weighted by atomic mass is 10.0. The summed E-state index contributed by atoms with van der Waals surface area (Å²) < 4.78 is 13.6. The van der Waals surface area contributed by atoms with E-state index >= 15 is 0 Å². The van der Waals surface area contributed by atoms with E-state index in [0.717, 1.165) is 18.2 Å². The maximum Gasteiger partial charge on any atom is 0.253 e. The first kappa shape index (κ1) is 22.3. The van der Waals surface area contributed by atoms with E-state index in [9.17, 15) is 14.0 Å². The molecule has 1 saturated heterocycles. The SMILES string of the molecule is CNC1CCN(C(=O)c2ccc3c(c2)[nH]c2c(C(N)=O)cc(-c4ccc(F)c(Cl)c4)nc23)CC1. The van der Waals surface area contributed by atoms with Gasteiger partial charge in [-0.25, -0.2) is 9.37 Å². The lowest BCUT2D eigenvalue weighted by Crippen LogP contribution is -2.43. The van der Waals surface area contributed by atoms with Gasteiger partial charge in [-0.1, -0.05) is 11.6 Å². The third-order valence-corrected chi connectivity index (χ3v) is 6.76. The number of hydrogen-bond acceptors (Lipinski definition) is 4. The molecule has 0 spiro atoms. The van der Waals surface area contributed by atoms with Crippen LogP contribution in [0.5, 0.6) is 0 Å². The van der Waals surface area contributed by atoms with Crippen LogP contribution in [0.25, 0.3) is 33.2 Å². The van der Waals surface area contributed by atoms with Gasteiger partial charge in [-0.3, -0.25) is 9.59 Å². The molecular weight excluding hydrogens is 457 g/mol. The Morgan fingerprint density at radius 3 is 2.62 bits per heavy atom. The molecule has 2 aromatic carbocycles. The molecule has 1 fully saturated rings. The summed E-state index contributed by atoms with van der Waals surface area (Å²) in [5.74, 6) is -1.20. The van der Waals surface area contributed by atoms with Crippen molar-refractivity contribution in [3.8, 4) is 11.3 Å². The highest BCUT2D eigenvalue weighted by atomic mass is 35.5. The normalized spacial score (nSPS) is 14.7. The van der Waals surface area contributed by atoms with Crippen LogP contribution < -0.4 is 11.1 Å². The fourth-order valence-corrected chi connectivity index (χ4v) is 4.72. The largest absolute Gasteiger partial charge is 0.366 e. The number of carbonyl (C=O) groups excluding carboxylic acids is 2. The van der Waals surface area contributed by atoms with Crippen LogP contribution in [0, 0.1) is 5.82 Å². The molecule has 3 heterocycles. The standard InChI is InChI=1S/C25H23ClFN5O2/c1-29-15-6-8-32(9-7-15)25(34)14-2-4-16-21(11-14)31-23-17(24(28)33)12-20(30-22(16)23)13-3-5-19(27)18(26)10-13/h2-5,10-12,15,29,31H,6-9H2,1H3,(H2,28,33). The number of hydrogen-bond donors (Lipinski definition) is 3. The Bertz CT molecular complexity index is 1440. The van der Waals surface area contributed by atoms with E-state index in [2.05, 4.69) is 10.3 Å². The number of aromatic nitrogens is 2. The minimum absolute atomic E-state index is 0.0279. The van der Waals surface area contributed by atoms with Gasteiger partial charge < -0.3 is 20.9 Å². The second-order valence-corrected chi connectivity index (χ2v) is 8.92. The summed E-state index contributed by atoms with van der Waals surface area (Å²) >= 11 is 5.95. The molecule has 0 radical (unpaired) electrons. The van der Waals surface area contributed by atoms with E-state index in [-0.39, 0.29) is 16.5 Å². The van der Waals surface area contributed by atoms with E-state index in [1.165, 1.54) is 12.1 Å². The molecule has 4 N–H and O–H groups in total. The van der Waals surface area contributed by atoms with Gasteiger partial charge in [0, 0.05) is 41.2 Å². The lowest BCUT2D eigenvalue weighted by molar-refractivity contribution is 0.0707. The molecule has 34 heavy (non-hydrogen) atoms. The van der Waals surface area contributed by atoms with Gasteiger partial charge in [0.05, 0.1) is 27.3 Å². The summed E-state index contributed by atoms with van der Waals surface area (Å²) in [5.41, 5.74) is 9.17. The topological polar surface area (TPSA) is 104 Å². The fourth-order valence-electron chi connectivity index (χ4n) is 4.54. The van der Waals surface area contributed by atoms with E-state index in [1.807, 2.05) is 18.0 Å². The molecule has 5 rings (SSSR count). The van der Waals surface area contributed by atoms with Crippen molar-refractivity contribution in [2.24, 2.45) is 5.73 Å². The molecule has 0 saturated carbocycles. The van der Waals surface area contributed by atoms with Gasteiger partial charge in [-0.2, -0.15) is 0 Å². The molecule has 2 amide bonds. The molecule has 0 aliphatic carbocycles. The van der Waals surface area contributed by atoms with Crippen molar-refractivity contribution >= 4 is 45.4 Å². The van der Waals surface area contributed by atoms with Crippen LogP contribution in [0.2, 0.25) is 5.02 Å². The molecule has 1 aliphatic rings. The summed E-state index contributed by atoms with van der Waals surface area (Å²) in [4.78, 5) is 35.1. The Labute approximate surface area is 200 Å². The minimum atomic E-state index is -0.628. The van der Waals surface area contributed by atoms with Crippen LogP contribution in [0.15, 0.2) is 42.5 Å². The Kier molecular flexibility index (Phi) is 5.71. The number of H-pyrrole nitrogens is 1. The van der Waals surface area contributed by atoms with Crippen molar-refractivity contribution in [1.29, 1.82) is 0 Å². The van der Waals surface area contributed by atoms with Gasteiger partial charge in [0.1, 0.15) is 5.82 Å². The molecule has 0 bridgehead atoms. The van der Waals surface area contributed by atoms with Crippen LogP contribution in [0.3, 0.4) is 0 Å². The molecule has 1 aliphatic heterocycles. The summed E-state index contributed by atoms with van der Waals surface area (Å²) in [6.45, 7) is 1.40. The highest BCUT2D eigenvalue weighted by Crippen LogP contribution is 2.32. The number of nitrogens with zero attached hydrogens (tertiary/aromatic N) is 2. The Balaban J connectivity index is 1.58. The quantitative estimate of drug-likeness (QED) is 0.410. The van der Waals surface area contributed by atoms with Crippen LogP contribution in [0.1, 0.15) is 33.6 Å². The van der Waals surface area contributed by atoms with Crippen LogP contribution in [-0.2, 0) is 0 Å². The highest BCUT2D eigenvalue weighted by Gasteiger charge is 2.24. The van der Waals surface area contributed by atoms with Gasteiger partial charge in [0.2, 0.25) is 0 Å². The summed E-state index contributed by atoms with van der Waals surface area (Å²) in [6.07, 6.45) is 1.83. The molecule has 4 aromatic rings. The number of aromatic amines is 1. The van der Waals surface area contributed by atoms with Gasteiger partial charge in [-0.15, -0.1) is 0 Å². The third kappa shape index (κ3) is 3.89. The van der Waals surface area contributed by atoms with Gasteiger partial charge >= 0.3 is 0 Å². The van der Waals surface area contributed by atoms with Crippen molar-refractivity contribution < 1.29 is 14.0 Å². The molecule has 0 unspecified atom stereocenters. The van der Waals surface area contributed by atoms with E-state index in [1.54, 1.807) is 24.3 Å². The minimum Gasteiger partial charge on any atom is -0.366 e. The monoisotopic (exact) mass is 479 g/mol. The van der Waals surface area contributed by atoms with Crippen molar-refractivity contribution in [1.82, 2.24) is 20.2 Å². The van der Waals surface area contributed by atoms with Crippen LogP contribution in [-0.4, -0.2) is 52.9 Å². The second-order valence-electron chi connectivity index (χ2n) is 8.51. The fraction of sp³-hybridized carbons (Fsp3) is 0.240. The molecule has 174 valence electrons. The molecule has 0 atom stereocenters. The number of halogens is 2. The lowest BCUT2D eigenvalue weighted by Gasteiger charge is -2.31. The predicted octanol–water partition coefficient (Wildman–Crippen LogP) is 4.10. The van der Waals surface area contributed by atoms with E-state index in [0.29, 0.717) is 52.5 Å². The number of pyridine rings is 1. The molecule has 7 nitrogen and oxygen atoms in total. The first-order valence-corrected chi connectivity index (χ1v) is 11.4. The van der Waals surface area contributed by atoms with Gasteiger partial charge in [-0.05, 0) is 62.4 Å². The van der Waals surface area contributed by atoms with Gasteiger partial charge in [0.25, 0.3) is 11.8 Å². The summed E-state index contributed by atoms with van der Waals surface area (Å²) in [7, 11) is 1.94. The zero-order valence-electron chi connectivity index (χ0n) is 18.5. The maximum absolute atomic E-state index is 13.6. The summed E-state index contributed by atoms with van der Waals surface area (Å²) in [6, 6.07) is 11.6. The van der Waals surface area contributed by atoms with Crippen molar-refractivity contribution in [2.75, 3.05) is 20.1 Å². The number of benzene rings is 2. The Hall–Kier alpha value is -3.49. The predicted molar refractivity (Wildman–Crippen MR) is 131 cm³/mol.